The number of carbonyl (C=O) groups excluding carboxylic acids is 2. The van der Waals surface area contributed by atoms with Crippen LogP contribution in [0.25, 0.3) is 0 Å². The number of carboxylic acid groups (broad SMARTS) is 1. The van der Waals surface area contributed by atoms with Gasteiger partial charge in [0.2, 0.25) is 0 Å². The molecule has 412 valence electrons. The Morgan fingerprint density at radius 2 is 1.12 bits per heavy atom. The molecule has 0 bridgehead atoms. The van der Waals surface area contributed by atoms with Crippen molar-refractivity contribution < 1.29 is 51.8 Å². The molecule has 0 spiro atoms. The number of aromatic nitrogens is 12. The van der Waals surface area contributed by atoms with Crippen molar-refractivity contribution in [3.63, 3.8) is 0 Å². The van der Waals surface area contributed by atoms with E-state index in [4.69, 9.17) is 24.5 Å². The van der Waals surface area contributed by atoms with Gasteiger partial charge in [0.05, 0.1) is 9.90 Å². The van der Waals surface area contributed by atoms with Crippen LogP contribution < -0.4 is 0 Å². The van der Waals surface area contributed by atoms with Gasteiger partial charge in [-0.15, -0.1) is 25.5 Å². The SMILES string of the molecule is C.C.C.C.C.CB(O)C(C)(C)C.CC(=O)C(C)(C)C.CC(=O)Cn1nnnc1C(C)(C)C.CC(C)(C)P(=O)(O)O.CC(C)(C)S(=O)(=O)O.CC(C)(C)c1nnn(CC(=O)O)n1.CC(C)c1nn[nH]n1. The minimum Gasteiger partial charge on any atom is -0.480 e. The van der Waals surface area contributed by atoms with Crippen LogP contribution in [0.3, 0.4) is 0 Å². The number of hydrogen-bond donors (Lipinski definition) is 6. The first kappa shape index (κ1) is 85.0. The van der Waals surface area contributed by atoms with E-state index in [1.807, 2.05) is 96.9 Å². The Morgan fingerprint density at radius 1 is 0.739 bits per heavy atom. The quantitative estimate of drug-likeness (QED) is 0.0789. The summed E-state index contributed by atoms with van der Waals surface area (Å²) in [5.74, 6) is 1.75. The Kier molecular flexibility index (Phi) is 42.4. The molecule has 0 aliphatic carbocycles. The molecule has 69 heavy (non-hydrogen) atoms. The first-order chi connectivity index (χ1) is 28.0. The molecule has 3 aromatic rings. The largest absolute Gasteiger partial charge is 0.480 e. The number of nitrogens with one attached hydrogen (secondary N) is 1. The second kappa shape index (κ2) is 34.4. The number of Topliss-reactive ketones (excluding diaryl/α,β-unsaturated/α-hetero) is 2. The molecule has 0 fully saturated rings. The maximum absolute atomic E-state index is 10.9. The van der Waals surface area contributed by atoms with E-state index in [0.29, 0.717) is 11.7 Å². The van der Waals surface area contributed by atoms with E-state index < -0.39 is 33.6 Å². The standard InChI is InChI=1S/C8H14N4O.C7H12N4O2.C6H12O.C5H13BO.C4H8N4.C4H11O3P.C4H10O3S.5CH4/c1-6(13)5-12-7(8(2,3)4)9-10-11-12;1-7(2,3)6-8-10-11(9-6)4-5(12)13;1-5(7)6(2,3)4;1-5(2,3)6(4)7;1-3(2)4-5-7-8-6-4;2*1-4(2,3)8(5,6)7;;;;;/h5H2,1-4H3;4H2,1-3H3,(H,12,13);1-4H3;7H,1-4H3;3H,1-2H3,(H,5,6,7,8);1-3H3,(H2,5,6,7);1-3H3,(H,5,6,7);5*1H4. The zero-order chi connectivity index (χ0) is 52.3. The Balaban J connectivity index is -0.0000000873. The van der Waals surface area contributed by atoms with E-state index in [1.54, 1.807) is 18.4 Å². The van der Waals surface area contributed by atoms with Gasteiger partial charge in [0.1, 0.15) is 12.3 Å². The predicted molar refractivity (Wildman–Crippen MR) is 280 cm³/mol. The third kappa shape index (κ3) is 42.7. The molecule has 0 aliphatic rings. The number of rotatable bonds is 5. The highest BCUT2D eigenvalue weighted by molar-refractivity contribution is 7.87. The summed E-state index contributed by atoms with van der Waals surface area (Å²) in [6.07, 6.45) is 0. The molecule has 23 nitrogen and oxygen atoms in total. The molecule has 26 heteroatoms. The van der Waals surface area contributed by atoms with Crippen molar-refractivity contribution in [2.75, 3.05) is 0 Å². The lowest BCUT2D eigenvalue weighted by Gasteiger charge is -2.18. The first-order valence-electron chi connectivity index (χ1n) is 20.2. The first-order valence-corrected chi connectivity index (χ1v) is 23.3. The van der Waals surface area contributed by atoms with Crippen LogP contribution in [-0.4, -0.2) is 128 Å². The van der Waals surface area contributed by atoms with Crippen molar-refractivity contribution in [1.82, 2.24) is 61.0 Å². The fourth-order valence-electron chi connectivity index (χ4n) is 2.20. The van der Waals surface area contributed by atoms with Gasteiger partial charge in [-0.25, -0.2) is 4.68 Å². The number of aromatic amines is 1. The molecule has 0 saturated carbocycles. The zero-order valence-corrected chi connectivity index (χ0v) is 44.2. The molecule has 0 atom stereocenters. The van der Waals surface area contributed by atoms with Crippen LogP contribution >= 0.6 is 7.60 Å². The Bertz CT molecular complexity index is 1960. The number of hydrogen-bond acceptors (Lipinski definition) is 16. The van der Waals surface area contributed by atoms with Gasteiger partial charge in [0, 0.05) is 22.2 Å². The molecule has 0 aliphatic heterocycles. The zero-order valence-electron chi connectivity index (χ0n) is 42.5. The molecular weight excluding hydrogens is 934 g/mol. The monoisotopic (exact) mass is 1030 g/mol. The van der Waals surface area contributed by atoms with Crippen LogP contribution in [0.1, 0.15) is 213 Å². The molecule has 0 unspecified atom stereocenters. The van der Waals surface area contributed by atoms with E-state index >= 15 is 0 Å². The number of H-pyrrole nitrogens is 1. The Morgan fingerprint density at radius 3 is 1.30 bits per heavy atom. The van der Waals surface area contributed by atoms with E-state index in [0.717, 1.165) is 16.4 Å². The highest BCUT2D eigenvalue weighted by atomic mass is 32.2. The second-order valence-corrected chi connectivity index (χ2v) is 25.6. The van der Waals surface area contributed by atoms with Crippen LogP contribution in [0.4, 0.5) is 0 Å². The number of nitrogens with zero attached hydrogens (tertiary/aromatic N) is 11. The summed E-state index contributed by atoms with van der Waals surface area (Å²) in [6.45, 7) is 41.2. The third-order valence-corrected chi connectivity index (χ3v) is 11.1. The molecule has 0 aromatic carbocycles. The van der Waals surface area contributed by atoms with E-state index in [2.05, 4.69) is 51.6 Å². The Hall–Kier alpha value is -3.90. The molecular formula is C43H100BN12O11PS. The van der Waals surface area contributed by atoms with Gasteiger partial charge in [-0.05, 0) is 76.3 Å². The lowest BCUT2D eigenvalue weighted by molar-refractivity contribution is -0.138. The van der Waals surface area contributed by atoms with Crippen molar-refractivity contribution in [2.24, 2.45) is 5.41 Å². The van der Waals surface area contributed by atoms with Gasteiger partial charge in [-0.3, -0.25) is 23.5 Å². The smallest absolute Gasteiger partial charge is 0.330 e. The van der Waals surface area contributed by atoms with Gasteiger partial charge in [-0.1, -0.05) is 146 Å². The minimum absolute atomic E-state index is 0. The fraction of sp³-hybridized carbons (Fsp3) is 0.860. The molecule has 3 heterocycles. The normalized spacial score (nSPS) is 11.2. The summed E-state index contributed by atoms with van der Waals surface area (Å²) < 4.78 is 39.6. The van der Waals surface area contributed by atoms with Gasteiger partial charge in [0.15, 0.2) is 29.8 Å². The van der Waals surface area contributed by atoms with Crippen LogP contribution in [-0.2, 0) is 53.0 Å². The topological polar surface area (TPSA) is 345 Å². The average Bonchev–Trinajstić information content (AvgIpc) is 3.82. The lowest BCUT2D eigenvalue weighted by Crippen LogP contribution is -2.26. The van der Waals surface area contributed by atoms with Crippen molar-refractivity contribution in [1.29, 1.82) is 0 Å². The van der Waals surface area contributed by atoms with Crippen LogP contribution in [0.5, 0.6) is 0 Å². The van der Waals surface area contributed by atoms with Crippen LogP contribution in [0.15, 0.2) is 0 Å². The summed E-state index contributed by atoms with van der Waals surface area (Å²) in [4.78, 5) is 49.6. The summed E-state index contributed by atoms with van der Waals surface area (Å²) in [6, 6.07) is 0. The molecule has 6 N–H and O–H groups in total. The van der Waals surface area contributed by atoms with E-state index in [9.17, 15) is 27.4 Å². The van der Waals surface area contributed by atoms with Crippen LogP contribution in [0, 0.1) is 5.41 Å². The summed E-state index contributed by atoms with van der Waals surface area (Å²) in [5.41, 5.74) is -0.463. The molecule has 3 aromatic heterocycles. The van der Waals surface area contributed by atoms with Gasteiger partial charge < -0.3 is 19.9 Å². The van der Waals surface area contributed by atoms with Crippen molar-refractivity contribution >= 4 is 42.2 Å². The number of carboxylic acids is 1. The highest BCUT2D eigenvalue weighted by Gasteiger charge is 2.32. The summed E-state index contributed by atoms with van der Waals surface area (Å²) in [5, 5.41) is 52.3. The molecule has 0 radical (unpaired) electrons. The van der Waals surface area contributed by atoms with Crippen LogP contribution in [0.2, 0.25) is 12.1 Å². The fourth-order valence-corrected chi connectivity index (χ4v) is 2.20. The second-order valence-electron chi connectivity index (χ2n) is 21.0. The third-order valence-electron chi connectivity index (χ3n) is 7.81. The van der Waals surface area contributed by atoms with E-state index in [-0.39, 0.29) is 90.3 Å². The van der Waals surface area contributed by atoms with Crippen molar-refractivity contribution in [2.45, 2.75) is 241 Å². The number of carbonyl (C=O) groups is 3. The maximum atomic E-state index is 10.9. The minimum atomic E-state index is -3.85. The highest BCUT2D eigenvalue weighted by Crippen LogP contribution is 2.49. The number of aliphatic carboxylic acids is 1. The summed E-state index contributed by atoms with van der Waals surface area (Å²) in [7, 11) is -7.69. The number of tetrazole rings is 3. The molecule has 0 saturated heterocycles. The lowest BCUT2D eigenvalue weighted by atomic mass is 9.50. The molecule has 0 amide bonds. The Labute approximate surface area is 418 Å². The van der Waals surface area contributed by atoms with Gasteiger partial charge >= 0.3 is 13.6 Å². The van der Waals surface area contributed by atoms with Crippen molar-refractivity contribution in [3.05, 3.63) is 17.5 Å². The number of ketones is 2. The summed E-state index contributed by atoms with van der Waals surface area (Å²) >= 11 is 0. The van der Waals surface area contributed by atoms with Gasteiger partial charge in [-0.2, -0.15) is 18.4 Å². The maximum Gasteiger partial charge on any atom is 0.330 e. The van der Waals surface area contributed by atoms with E-state index in [1.165, 1.54) is 48.5 Å². The molecule has 3 rings (SSSR count). The van der Waals surface area contributed by atoms with Gasteiger partial charge in [0.25, 0.3) is 17.0 Å². The van der Waals surface area contributed by atoms with Crippen molar-refractivity contribution in [3.8, 4) is 0 Å². The average molecular weight is 1040 g/mol. The predicted octanol–water partition coefficient (Wildman–Crippen LogP) is 8.78.